The fraction of sp³-hybridized carbons (Fsp3) is 0.688. The van der Waals surface area contributed by atoms with Gasteiger partial charge in [-0.05, 0) is 51.7 Å². The lowest BCUT2D eigenvalue weighted by Gasteiger charge is -2.20. The van der Waals surface area contributed by atoms with Crippen LogP contribution in [-0.2, 0) is 6.54 Å². The van der Waals surface area contributed by atoms with Crippen molar-refractivity contribution < 1.29 is 4.74 Å². The number of rotatable bonds is 7. The van der Waals surface area contributed by atoms with Crippen molar-refractivity contribution in [3.05, 3.63) is 24.0 Å². The van der Waals surface area contributed by atoms with Crippen molar-refractivity contribution >= 4 is 0 Å². The second-order valence-corrected chi connectivity index (χ2v) is 6.47. The molecule has 1 heterocycles. The number of pyridine rings is 1. The lowest BCUT2D eigenvalue weighted by atomic mass is 10.1. The first-order valence-corrected chi connectivity index (χ1v) is 7.19. The third kappa shape index (κ3) is 7.83. The molecule has 0 aliphatic heterocycles. The molecule has 19 heavy (non-hydrogen) atoms. The highest BCUT2D eigenvalue weighted by atomic mass is 16.5. The van der Waals surface area contributed by atoms with Crippen molar-refractivity contribution in [2.24, 2.45) is 5.92 Å². The Morgan fingerprint density at radius 2 is 2.00 bits per heavy atom. The maximum Gasteiger partial charge on any atom is 0.137 e. The van der Waals surface area contributed by atoms with Gasteiger partial charge in [0.25, 0.3) is 0 Å². The molecule has 3 heteroatoms. The summed E-state index contributed by atoms with van der Waals surface area (Å²) in [4.78, 5) is 4.41. The Balaban J connectivity index is 2.31. The van der Waals surface area contributed by atoms with Crippen molar-refractivity contribution in [1.82, 2.24) is 10.3 Å². The molecule has 1 aromatic rings. The first-order chi connectivity index (χ1) is 8.87. The van der Waals surface area contributed by atoms with E-state index >= 15 is 0 Å². The molecule has 0 atom stereocenters. The predicted octanol–water partition coefficient (Wildman–Crippen LogP) is 3.78. The summed E-state index contributed by atoms with van der Waals surface area (Å²) < 4.78 is 5.67. The van der Waals surface area contributed by atoms with Gasteiger partial charge in [-0.15, -0.1) is 0 Å². The number of nitrogens with one attached hydrogen (secondary N) is 1. The lowest BCUT2D eigenvalue weighted by molar-refractivity contribution is 0.296. The summed E-state index contributed by atoms with van der Waals surface area (Å²) in [5.74, 6) is 1.61. The summed E-state index contributed by atoms with van der Waals surface area (Å²) in [6, 6.07) is 4.03. The molecule has 1 aromatic heterocycles. The molecule has 0 aromatic carbocycles. The second-order valence-electron chi connectivity index (χ2n) is 6.47. The van der Waals surface area contributed by atoms with Crippen molar-refractivity contribution in [1.29, 1.82) is 0 Å². The first kappa shape index (κ1) is 16.0. The van der Waals surface area contributed by atoms with E-state index in [0.717, 1.165) is 36.9 Å². The zero-order valence-corrected chi connectivity index (χ0v) is 13.0. The van der Waals surface area contributed by atoms with Crippen LogP contribution in [0.3, 0.4) is 0 Å². The molecule has 0 fully saturated rings. The third-order valence-corrected chi connectivity index (χ3v) is 2.79. The summed E-state index contributed by atoms with van der Waals surface area (Å²) in [5, 5.41) is 3.42. The molecule has 0 unspecified atom stereocenters. The van der Waals surface area contributed by atoms with E-state index in [1.807, 2.05) is 18.3 Å². The van der Waals surface area contributed by atoms with Gasteiger partial charge in [0, 0.05) is 12.1 Å². The maximum absolute atomic E-state index is 5.67. The number of ether oxygens (including phenoxy) is 1. The standard InChI is InChI=1S/C16H28N2O/c1-13(2)7-6-10-19-15-9-8-14(17-12-15)11-18-16(3,4)5/h8-9,12-13,18H,6-7,10-11H2,1-5H3. The highest BCUT2D eigenvalue weighted by Crippen LogP contribution is 2.11. The average Bonchev–Trinajstić information content (AvgIpc) is 2.32. The smallest absolute Gasteiger partial charge is 0.137 e. The van der Waals surface area contributed by atoms with E-state index in [4.69, 9.17) is 4.74 Å². The molecular weight excluding hydrogens is 236 g/mol. The van der Waals surface area contributed by atoms with Crippen LogP contribution >= 0.6 is 0 Å². The molecule has 0 aliphatic rings. The summed E-state index contributed by atoms with van der Waals surface area (Å²) in [5.41, 5.74) is 1.16. The topological polar surface area (TPSA) is 34.1 Å². The van der Waals surface area contributed by atoms with Gasteiger partial charge in [0.15, 0.2) is 0 Å². The SMILES string of the molecule is CC(C)CCCOc1ccc(CNC(C)(C)C)nc1. The molecular formula is C16H28N2O. The van der Waals surface area contributed by atoms with Crippen molar-refractivity contribution in [3.63, 3.8) is 0 Å². The van der Waals surface area contributed by atoms with E-state index in [0.29, 0.717) is 0 Å². The lowest BCUT2D eigenvalue weighted by Crippen LogP contribution is -2.35. The molecule has 0 saturated carbocycles. The van der Waals surface area contributed by atoms with Gasteiger partial charge >= 0.3 is 0 Å². The first-order valence-electron chi connectivity index (χ1n) is 7.19. The van der Waals surface area contributed by atoms with E-state index < -0.39 is 0 Å². The van der Waals surface area contributed by atoms with Gasteiger partial charge in [0.2, 0.25) is 0 Å². The molecule has 1 N–H and O–H groups in total. The Labute approximate surface area is 117 Å². The molecule has 0 bridgehead atoms. The van der Waals surface area contributed by atoms with Crippen LogP contribution in [0.5, 0.6) is 5.75 Å². The molecule has 0 amide bonds. The quantitative estimate of drug-likeness (QED) is 0.761. The predicted molar refractivity (Wildman–Crippen MR) is 80.4 cm³/mol. The van der Waals surface area contributed by atoms with Crippen LogP contribution in [-0.4, -0.2) is 17.1 Å². The van der Waals surface area contributed by atoms with Crippen molar-refractivity contribution in [2.75, 3.05) is 6.61 Å². The summed E-state index contributed by atoms with van der Waals surface area (Å²) in [6.07, 6.45) is 4.13. The summed E-state index contributed by atoms with van der Waals surface area (Å²) in [7, 11) is 0. The Bertz CT molecular complexity index is 352. The second kappa shape index (κ2) is 7.49. The molecule has 0 radical (unpaired) electrons. The monoisotopic (exact) mass is 264 g/mol. The van der Waals surface area contributed by atoms with Crippen LogP contribution in [0.25, 0.3) is 0 Å². The molecule has 0 aliphatic carbocycles. The zero-order chi connectivity index (χ0) is 14.3. The Morgan fingerprint density at radius 1 is 1.26 bits per heavy atom. The van der Waals surface area contributed by atoms with Crippen molar-refractivity contribution in [2.45, 2.75) is 59.5 Å². The van der Waals surface area contributed by atoms with E-state index in [9.17, 15) is 0 Å². The van der Waals surface area contributed by atoms with Gasteiger partial charge in [0.05, 0.1) is 18.5 Å². The summed E-state index contributed by atoms with van der Waals surface area (Å²) >= 11 is 0. The van der Waals surface area contributed by atoms with Crippen LogP contribution in [0.15, 0.2) is 18.3 Å². The number of aromatic nitrogens is 1. The highest BCUT2D eigenvalue weighted by molar-refractivity contribution is 5.19. The summed E-state index contributed by atoms with van der Waals surface area (Å²) in [6.45, 7) is 12.5. The number of nitrogens with zero attached hydrogens (tertiary/aromatic N) is 1. The number of hydrogen-bond donors (Lipinski definition) is 1. The molecule has 0 spiro atoms. The molecule has 0 saturated heterocycles. The highest BCUT2D eigenvalue weighted by Gasteiger charge is 2.08. The minimum atomic E-state index is 0.119. The van der Waals surface area contributed by atoms with E-state index in [1.54, 1.807) is 0 Å². The van der Waals surface area contributed by atoms with Crippen LogP contribution in [0.2, 0.25) is 0 Å². The molecule has 1 rings (SSSR count). The van der Waals surface area contributed by atoms with E-state index in [2.05, 4.69) is 44.9 Å². The minimum absolute atomic E-state index is 0.119. The largest absolute Gasteiger partial charge is 0.492 e. The van der Waals surface area contributed by atoms with Gasteiger partial charge < -0.3 is 10.1 Å². The van der Waals surface area contributed by atoms with Gasteiger partial charge in [-0.3, -0.25) is 4.98 Å². The van der Waals surface area contributed by atoms with Gasteiger partial charge in [-0.2, -0.15) is 0 Å². The average molecular weight is 264 g/mol. The van der Waals surface area contributed by atoms with Crippen LogP contribution in [0, 0.1) is 5.92 Å². The van der Waals surface area contributed by atoms with Crippen LogP contribution in [0.4, 0.5) is 0 Å². The molecule has 108 valence electrons. The maximum atomic E-state index is 5.67. The van der Waals surface area contributed by atoms with Gasteiger partial charge in [-0.25, -0.2) is 0 Å². The molecule has 3 nitrogen and oxygen atoms in total. The fourth-order valence-electron chi connectivity index (χ4n) is 1.64. The minimum Gasteiger partial charge on any atom is -0.492 e. The Hall–Kier alpha value is -1.09. The van der Waals surface area contributed by atoms with Gasteiger partial charge in [0.1, 0.15) is 5.75 Å². The van der Waals surface area contributed by atoms with E-state index in [1.165, 1.54) is 6.42 Å². The fourth-order valence-corrected chi connectivity index (χ4v) is 1.64. The third-order valence-electron chi connectivity index (χ3n) is 2.79. The van der Waals surface area contributed by atoms with Crippen LogP contribution in [0.1, 0.15) is 53.2 Å². The normalized spacial score (nSPS) is 11.9. The Kier molecular flexibility index (Phi) is 6.29. The number of hydrogen-bond acceptors (Lipinski definition) is 3. The van der Waals surface area contributed by atoms with Crippen molar-refractivity contribution in [3.8, 4) is 5.75 Å². The van der Waals surface area contributed by atoms with E-state index in [-0.39, 0.29) is 5.54 Å². The Morgan fingerprint density at radius 3 is 2.53 bits per heavy atom. The van der Waals surface area contributed by atoms with Crippen LogP contribution < -0.4 is 10.1 Å². The zero-order valence-electron chi connectivity index (χ0n) is 13.0. The van der Waals surface area contributed by atoms with Gasteiger partial charge in [-0.1, -0.05) is 13.8 Å².